The van der Waals surface area contributed by atoms with Crippen LogP contribution in [0.1, 0.15) is 17.9 Å². The molecule has 0 amide bonds. The van der Waals surface area contributed by atoms with Crippen molar-refractivity contribution in [2.75, 3.05) is 7.11 Å². The summed E-state index contributed by atoms with van der Waals surface area (Å²) < 4.78 is 18.4. The Kier molecular flexibility index (Phi) is 2.34. The second-order valence-corrected chi connectivity index (χ2v) is 3.67. The quantitative estimate of drug-likeness (QED) is 0.830. The summed E-state index contributed by atoms with van der Waals surface area (Å²) in [6.45, 7) is 0. The highest BCUT2D eigenvalue weighted by atomic mass is 19.1. The van der Waals surface area contributed by atoms with E-state index < -0.39 is 11.9 Å². The Hall–Kier alpha value is -1.58. The molecule has 2 rings (SSSR count). The Morgan fingerprint density at radius 3 is 2.80 bits per heavy atom. The van der Waals surface area contributed by atoms with E-state index in [9.17, 15) is 9.18 Å². The minimum absolute atomic E-state index is 0.173. The Labute approximate surface area is 86.5 Å². The number of hydrogen-bond acceptors (Lipinski definition) is 2. The van der Waals surface area contributed by atoms with E-state index in [1.807, 2.05) is 0 Å². The van der Waals surface area contributed by atoms with Gasteiger partial charge in [0.15, 0.2) is 0 Å². The summed E-state index contributed by atoms with van der Waals surface area (Å²) in [4.78, 5) is 10.6. The van der Waals surface area contributed by atoms with Crippen LogP contribution in [0.5, 0.6) is 5.75 Å². The molecule has 1 N–H and O–H groups in total. The zero-order valence-electron chi connectivity index (χ0n) is 8.24. The van der Waals surface area contributed by atoms with Crippen LogP contribution in [0.25, 0.3) is 0 Å². The van der Waals surface area contributed by atoms with Crippen molar-refractivity contribution in [1.82, 2.24) is 0 Å². The summed E-state index contributed by atoms with van der Waals surface area (Å²) in [7, 11) is 1.46. The first-order valence-electron chi connectivity index (χ1n) is 4.69. The molecule has 0 aliphatic heterocycles. The molecule has 1 aromatic carbocycles. The Morgan fingerprint density at radius 1 is 1.60 bits per heavy atom. The van der Waals surface area contributed by atoms with Gasteiger partial charge in [-0.2, -0.15) is 0 Å². The Bertz CT molecular complexity index is 403. The SMILES string of the molecule is COc1ccc([C@@H]2C[C@H]2C(=O)O)c(F)c1. The molecule has 1 aromatic rings. The van der Waals surface area contributed by atoms with Crippen molar-refractivity contribution in [1.29, 1.82) is 0 Å². The number of methoxy groups -OCH3 is 1. The van der Waals surface area contributed by atoms with Gasteiger partial charge in [0, 0.05) is 12.0 Å². The van der Waals surface area contributed by atoms with Crippen molar-refractivity contribution < 1.29 is 19.0 Å². The molecule has 0 saturated heterocycles. The number of carbonyl (C=O) groups is 1. The second-order valence-electron chi connectivity index (χ2n) is 3.67. The zero-order chi connectivity index (χ0) is 11.0. The highest BCUT2D eigenvalue weighted by molar-refractivity contribution is 5.75. The monoisotopic (exact) mass is 210 g/mol. The van der Waals surface area contributed by atoms with Crippen LogP contribution in [0.3, 0.4) is 0 Å². The molecule has 1 aliphatic rings. The number of carboxylic acid groups (broad SMARTS) is 1. The third kappa shape index (κ3) is 1.79. The van der Waals surface area contributed by atoms with E-state index in [0.29, 0.717) is 17.7 Å². The first-order chi connectivity index (χ1) is 7.13. The molecule has 15 heavy (non-hydrogen) atoms. The van der Waals surface area contributed by atoms with Crippen molar-refractivity contribution in [2.24, 2.45) is 5.92 Å². The van der Waals surface area contributed by atoms with Gasteiger partial charge in [0.05, 0.1) is 13.0 Å². The van der Waals surface area contributed by atoms with Crippen molar-refractivity contribution in [3.8, 4) is 5.75 Å². The largest absolute Gasteiger partial charge is 0.497 e. The van der Waals surface area contributed by atoms with E-state index >= 15 is 0 Å². The summed E-state index contributed by atoms with van der Waals surface area (Å²) >= 11 is 0. The van der Waals surface area contributed by atoms with E-state index in [1.165, 1.54) is 13.2 Å². The summed E-state index contributed by atoms with van der Waals surface area (Å²) in [5.74, 6) is -1.39. The van der Waals surface area contributed by atoms with Gasteiger partial charge in [-0.3, -0.25) is 4.79 Å². The fourth-order valence-corrected chi connectivity index (χ4v) is 1.75. The molecule has 4 heteroatoms. The van der Waals surface area contributed by atoms with E-state index in [-0.39, 0.29) is 11.7 Å². The second kappa shape index (κ2) is 3.53. The molecule has 0 unspecified atom stereocenters. The van der Waals surface area contributed by atoms with Crippen LogP contribution >= 0.6 is 0 Å². The van der Waals surface area contributed by atoms with Crippen LogP contribution in [-0.4, -0.2) is 18.2 Å². The molecule has 3 nitrogen and oxygen atoms in total. The smallest absolute Gasteiger partial charge is 0.307 e. The van der Waals surface area contributed by atoms with E-state index in [0.717, 1.165) is 0 Å². The lowest BCUT2D eigenvalue weighted by molar-refractivity contribution is -0.138. The van der Waals surface area contributed by atoms with Crippen LogP contribution in [0.2, 0.25) is 0 Å². The first kappa shape index (κ1) is 9.96. The molecule has 2 atom stereocenters. The zero-order valence-corrected chi connectivity index (χ0v) is 8.24. The van der Waals surface area contributed by atoms with Gasteiger partial charge in [0.1, 0.15) is 11.6 Å². The Balaban J connectivity index is 2.21. The van der Waals surface area contributed by atoms with Crippen LogP contribution < -0.4 is 4.74 Å². The minimum Gasteiger partial charge on any atom is -0.497 e. The summed E-state index contributed by atoms with van der Waals surface area (Å²) in [6.07, 6.45) is 0.526. The summed E-state index contributed by atoms with van der Waals surface area (Å²) in [5.41, 5.74) is 0.475. The van der Waals surface area contributed by atoms with Crippen LogP contribution in [0.15, 0.2) is 18.2 Å². The number of ether oxygens (including phenoxy) is 1. The maximum atomic E-state index is 13.5. The lowest BCUT2D eigenvalue weighted by Crippen LogP contribution is -2.00. The normalized spacial score (nSPS) is 23.6. The average Bonchev–Trinajstić information content (AvgIpc) is 2.97. The molecular formula is C11H11FO3. The van der Waals surface area contributed by atoms with Gasteiger partial charge in [-0.25, -0.2) is 4.39 Å². The number of carboxylic acids is 1. The van der Waals surface area contributed by atoms with Gasteiger partial charge in [0.2, 0.25) is 0 Å². The molecule has 1 fully saturated rings. The summed E-state index contributed by atoms with van der Waals surface area (Å²) in [5, 5.41) is 8.73. The van der Waals surface area contributed by atoms with Crippen LogP contribution in [0, 0.1) is 11.7 Å². The molecule has 0 heterocycles. The fraction of sp³-hybridized carbons (Fsp3) is 0.364. The van der Waals surface area contributed by atoms with E-state index in [1.54, 1.807) is 12.1 Å². The maximum absolute atomic E-state index is 13.5. The van der Waals surface area contributed by atoms with E-state index in [4.69, 9.17) is 9.84 Å². The first-order valence-corrected chi connectivity index (χ1v) is 4.69. The number of aliphatic carboxylic acids is 1. The highest BCUT2D eigenvalue weighted by Crippen LogP contribution is 2.48. The lowest BCUT2D eigenvalue weighted by atomic mass is 10.1. The minimum atomic E-state index is -0.852. The van der Waals surface area contributed by atoms with Crippen LogP contribution in [-0.2, 0) is 4.79 Å². The van der Waals surface area contributed by atoms with Crippen molar-refractivity contribution in [3.63, 3.8) is 0 Å². The number of halogens is 1. The molecule has 0 spiro atoms. The van der Waals surface area contributed by atoms with Gasteiger partial charge in [-0.1, -0.05) is 6.07 Å². The number of benzene rings is 1. The molecule has 80 valence electrons. The van der Waals surface area contributed by atoms with Crippen molar-refractivity contribution in [2.45, 2.75) is 12.3 Å². The highest BCUT2D eigenvalue weighted by Gasteiger charge is 2.45. The predicted octanol–water partition coefficient (Wildman–Crippen LogP) is 2.02. The Morgan fingerprint density at radius 2 is 2.33 bits per heavy atom. The third-order valence-electron chi connectivity index (χ3n) is 2.71. The molecule has 0 bridgehead atoms. The van der Waals surface area contributed by atoms with Gasteiger partial charge >= 0.3 is 5.97 Å². The predicted molar refractivity (Wildman–Crippen MR) is 51.4 cm³/mol. The van der Waals surface area contributed by atoms with Crippen molar-refractivity contribution in [3.05, 3.63) is 29.6 Å². The maximum Gasteiger partial charge on any atom is 0.307 e. The molecule has 0 radical (unpaired) electrons. The number of rotatable bonds is 3. The average molecular weight is 210 g/mol. The van der Waals surface area contributed by atoms with Gasteiger partial charge in [0.25, 0.3) is 0 Å². The van der Waals surface area contributed by atoms with Gasteiger partial charge < -0.3 is 9.84 Å². The molecule has 1 aliphatic carbocycles. The van der Waals surface area contributed by atoms with Gasteiger partial charge in [-0.15, -0.1) is 0 Å². The summed E-state index contributed by atoms with van der Waals surface area (Å²) in [6, 6.07) is 4.53. The lowest BCUT2D eigenvalue weighted by Gasteiger charge is -2.04. The molecule has 0 aromatic heterocycles. The van der Waals surface area contributed by atoms with Crippen LogP contribution in [0.4, 0.5) is 4.39 Å². The van der Waals surface area contributed by atoms with Crippen molar-refractivity contribution >= 4 is 5.97 Å². The standard InChI is InChI=1S/C11H11FO3/c1-15-6-2-3-7(10(12)4-6)8-5-9(8)11(13)14/h2-4,8-9H,5H2,1H3,(H,13,14)/t8-,9+/m0/s1. The van der Waals surface area contributed by atoms with Gasteiger partial charge in [-0.05, 0) is 18.1 Å². The number of hydrogen-bond donors (Lipinski definition) is 1. The van der Waals surface area contributed by atoms with E-state index in [2.05, 4.69) is 0 Å². The molecule has 1 saturated carbocycles. The molecular weight excluding hydrogens is 199 g/mol. The third-order valence-corrected chi connectivity index (χ3v) is 2.71. The topological polar surface area (TPSA) is 46.5 Å². The fourth-order valence-electron chi connectivity index (χ4n) is 1.75.